The fourth-order valence-electron chi connectivity index (χ4n) is 3.03. The van der Waals surface area contributed by atoms with Crippen LogP contribution < -0.4 is 5.32 Å². The molecule has 1 aliphatic rings. The van der Waals surface area contributed by atoms with Gasteiger partial charge in [0.15, 0.2) is 11.5 Å². The van der Waals surface area contributed by atoms with Crippen LogP contribution in [0.4, 0.5) is 4.39 Å². The number of amides is 2. The number of hydrogen-bond donors (Lipinski definition) is 1. The Hall–Kier alpha value is -2.61. The molecule has 0 aliphatic carbocycles. The average Bonchev–Trinajstić information content (AvgIpc) is 3.21. The number of nitrogens with zero attached hydrogens (tertiary/aromatic N) is 1. The molecular weight excluding hydrogens is 383 g/mol. The van der Waals surface area contributed by atoms with Crippen molar-refractivity contribution in [1.82, 2.24) is 10.2 Å². The van der Waals surface area contributed by atoms with Crippen molar-refractivity contribution in [3.63, 3.8) is 0 Å². The molecule has 6 nitrogen and oxygen atoms in total. The zero-order chi connectivity index (χ0) is 20.1. The first kappa shape index (κ1) is 20.1. The van der Waals surface area contributed by atoms with E-state index in [1.807, 2.05) is 0 Å². The van der Waals surface area contributed by atoms with E-state index in [4.69, 9.17) is 4.42 Å². The van der Waals surface area contributed by atoms with E-state index in [9.17, 15) is 18.8 Å². The van der Waals surface area contributed by atoms with Crippen molar-refractivity contribution in [2.45, 2.75) is 30.7 Å². The number of benzene rings is 1. The molecule has 2 heterocycles. The van der Waals surface area contributed by atoms with Gasteiger partial charge >= 0.3 is 0 Å². The zero-order valence-corrected chi connectivity index (χ0v) is 16.3. The first-order valence-electron chi connectivity index (χ1n) is 8.99. The number of hydrogen-bond acceptors (Lipinski definition) is 5. The number of likely N-dealkylation sites (tertiary alicyclic amines) is 1. The summed E-state index contributed by atoms with van der Waals surface area (Å²) in [5, 5.41) is 2.93. The van der Waals surface area contributed by atoms with Gasteiger partial charge in [0, 0.05) is 29.6 Å². The number of piperidine rings is 1. The molecule has 1 aromatic carbocycles. The molecule has 0 atom stereocenters. The first-order chi connectivity index (χ1) is 13.4. The molecule has 1 fully saturated rings. The molecule has 0 spiro atoms. The Kier molecular flexibility index (Phi) is 6.51. The minimum absolute atomic E-state index is 0.0151. The Balaban J connectivity index is 1.44. The lowest BCUT2D eigenvalue weighted by Crippen LogP contribution is -2.46. The number of thioether (sulfide) groups is 1. The van der Waals surface area contributed by atoms with Gasteiger partial charge in [-0.2, -0.15) is 0 Å². The fraction of sp³-hybridized carbons (Fsp3) is 0.350. The smallest absolute Gasteiger partial charge is 0.289 e. The monoisotopic (exact) mass is 404 g/mol. The number of carbonyl (C=O) groups is 3. The Labute approximate surface area is 166 Å². The van der Waals surface area contributed by atoms with Crippen LogP contribution in [0.15, 0.2) is 45.9 Å². The average molecular weight is 404 g/mol. The van der Waals surface area contributed by atoms with Crippen LogP contribution in [0.1, 0.15) is 40.7 Å². The minimum Gasteiger partial charge on any atom is -0.459 e. The zero-order valence-electron chi connectivity index (χ0n) is 15.4. The fourth-order valence-corrected chi connectivity index (χ4v) is 3.76. The van der Waals surface area contributed by atoms with Crippen molar-refractivity contribution in [3.8, 4) is 0 Å². The largest absolute Gasteiger partial charge is 0.459 e. The third-order valence-electron chi connectivity index (χ3n) is 4.58. The predicted octanol–water partition coefficient (Wildman–Crippen LogP) is 3.13. The summed E-state index contributed by atoms with van der Waals surface area (Å²) in [6.07, 6.45) is 2.78. The number of rotatable bonds is 6. The molecule has 148 valence electrons. The number of ketones is 1. The van der Waals surface area contributed by atoms with E-state index in [1.165, 1.54) is 25.3 Å². The quantitative estimate of drug-likeness (QED) is 0.591. The second kappa shape index (κ2) is 9.05. The lowest BCUT2D eigenvalue weighted by Gasteiger charge is -2.31. The summed E-state index contributed by atoms with van der Waals surface area (Å²) < 4.78 is 19.1. The second-order valence-corrected chi connectivity index (χ2v) is 7.62. The standard InChI is InChI=1S/C20H21FN2O4S/c1-13(24)14-4-5-18(16(21)11-14)28-12-19(25)22-15-6-8-23(9-7-15)20(26)17-3-2-10-27-17/h2-5,10-11,15H,6-9,12H2,1H3,(H,22,25). The highest BCUT2D eigenvalue weighted by atomic mass is 32.2. The van der Waals surface area contributed by atoms with Gasteiger partial charge in [-0.3, -0.25) is 14.4 Å². The summed E-state index contributed by atoms with van der Waals surface area (Å²) in [7, 11) is 0. The normalized spacial score (nSPS) is 14.7. The van der Waals surface area contributed by atoms with E-state index in [1.54, 1.807) is 23.1 Å². The lowest BCUT2D eigenvalue weighted by molar-refractivity contribution is -0.119. The van der Waals surface area contributed by atoms with Gasteiger partial charge in [-0.1, -0.05) is 6.07 Å². The first-order valence-corrected chi connectivity index (χ1v) is 9.98. The number of Topliss-reactive ketones (excluding diaryl/α,β-unsaturated/α-hetero) is 1. The van der Waals surface area contributed by atoms with E-state index in [0.717, 1.165) is 11.8 Å². The third-order valence-corrected chi connectivity index (χ3v) is 5.63. The van der Waals surface area contributed by atoms with E-state index in [0.29, 0.717) is 42.2 Å². The van der Waals surface area contributed by atoms with Gasteiger partial charge in [-0.25, -0.2) is 4.39 Å². The molecule has 1 N–H and O–H groups in total. The van der Waals surface area contributed by atoms with Crippen LogP contribution in [0.2, 0.25) is 0 Å². The van der Waals surface area contributed by atoms with Crippen LogP contribution in [0.3, 0.4) is 0 Å². The Morgan fingerprint density at radius 1 is 1.25 bits per heavy atom. The number of nitrogens with one attached hydrogen (secondary N) is 1. The molecule has 1 saturated heterocycles. The Morgan fingerprint density at radius 2 is 2.00 bits per heavy atom. The van der Waals surface area contributed by atoms with Crippen molar-refractivity contribution in [2.24, 2.45) is 0 Å². The van der Waals surface area contributed by atoms with Gasteiger partial charge in [0.05, 0.1) is 12.0 Å². The second-order valence-electron chi connectivity index (χ2n) is 6.60. The molecule has 8 heteroatoms. The maximum Gasteiger partial charge on any atom is 0.289 e. The molecule has 28 heavy (non-hydrogen) atoms. The van der Waals surface area contributed by atoms with Crippen molar-refractivity contribution >= 4 is 29.4 Å². The highest BCUT2D eigenvalue weighted by molar-refractivity contribution is 8.00. The van der Waals surface area contributed by atoms with Gasteiger partial charge in [0.2, 0.25) is 5.91 Å². The SMILES string of the molecule is CC(=O)c1ccc(SCC(=O)NC2CCN(C(=O)c3ccco3)CC2)c(F)c1. The van der Waals surface area contributed by atoms with Gasteiger partial charge in [-0.15, -0.1) is 11.8 Å². The molecule has 1 aromatic heterocycles. The molecule has 2 amide bonds. The van der Waals surface area contributed by atoms with Crippen molar-refractivity contribution in [1.29, 1.82) is 0 Å². The summed E-state index contributed by atoms with van der Waals surface area (Å²) in [5.74, 6) is -0.635. The maximum absolute atomic E-state index is 14.0. The van der Waals surface area contributed by atoms with Crippen LogP contribution in [-0.2, 0) is 4.79 Å². The highest BCUT2D eigenvalue weighted by Gasteiger charge is 2.25. The number of carbonyl (C=O) groups excluding carboxylic acids is 3. The van der Waals surface area contributed by atoms with Crippen molar-refractivity contribution in [3.05, 3.63) is 53.7 Å². The molecule has 3 rings (SSSR count). The summed E-state index contributed by atoms with van der Waals surface area (Å²) >= 11 is 1.09. The van der Waals surface area contributed by atoms with E-state index < -0.39 is 5.82 Å². The van der Waals surface area contributed by atoms with E-state index in [2.05, 4.69) is 5.32 Å². The molecule has 0 unspecified atom stereocenters. The third kappa shape index (κ3) is 5.01. The van der Waals surface area contributed by atoms with Gasteiger partial charge < -0.3 is 14.6 Å². The van der Waals surface area contributed by atoms with E-state index in [-0.39, 0.29) is 29.4 Å². The predicted molar refractivity (Wildman–Crippen MR) is 103 cm³/mol. The Morgan fingerprint density at radius 3 is 2.61 bits per heavy atom. The van der Waals surface area contributed by atoms with Crippen LogP contribution in [0, 0.1) is 5.82 Å². The van der Waals surface area contributed by atoms with Gasteiger partial charge in [-0.05, 0) is 44.0 Å². The molecule has 0 saturated carbocycles. The Bertz CT molecular complexity index is 861. The summed E-state index contributed by atoms with van der Waals surface area (Å²) in [6.45, 7) is 2.46. The van der Waals surface area contributed by atoms with Crippen LogP contribution in [0.25, 0.3) is 0 Å². The topological polar surface area (TPSA) is 79.6 Å². The maximum atomic E-state index is 14.0. The summed E-state index contributed by atoms with van der Waals surface area (Å²) in [5.41, 5.74) is 0.308. The number of furan rings is 1. The van der Waals surface area contributed by atoms with E-state index >= 15 is 0 Å². The molecule has 2 aromatic rings. The molecule has 1 aliphatic heterocycles. The molecule has 0 bridgehead atoms. The summed E-state index contributed by atoms with van der Waals surface area (Å²) in [4.78, 5) is 37.7. The van der Waals surface area contributed by atoms with Gasteiger partial charge in [0.1, 0.15) is 5.82 Å². The minimum atomic E-state index is -0.504. The molecular formula is C20H21FN2O4S. The van der Waals surface area contributed by atoms with Crippen LogP contribution in [0.5, 0.6) is 0 Å². The van der Waals surface area contributed by atoms with Crippen LogP contribution in [-0.4, -0.2) is 47.4 Å². The highest BCUT2D eigenvalue weighted by Crippen LogP contribution is 2.23. The summed E-state index contributed by atoms with van der Waals surface area (Å²) in [6, 6.07) is 7.55. The van der Waals surface area contributed by atoms with Crippen molar-refractivity contribution in [2.75, 3.05) is 18.8 Å². The molecule has 0 radical (unpaired) electrons. The number of halogens is 1. The van der Waals surface area contributed by atoms with Gasteiger partial charge in [0.25, 0.3) is 5.91 Å². The van der Waals surface area contributed by atoms with Crippen molar-refractivity contribution < 1.29 is 23.2 Å². The lowest BCUT2D eigenvalue weighted by atomic mass is 10.0. The van der Waals surface area contributed by atoms with Crippen LogP contribution >= 0.6 is 11.8 Å².